The van der Waals surface area contributed by atoms with Crippen LogP contribution in [0.3, 0.4) is 0 Å². The van der Waals surface area contributed by atoms with Crippen molar-refractivity contribution >= 4 is 27.9 Å². The first-order valence-corrected chi connectivity index (χ1v) is 8.61. The van der Waals surface area contributed by atoms with Gasteiger partial charge in [-0.3, -0.25) is 9.59 Å². The van der Waals surface area contributed by atoms with Crippen LogP contribution in [0.4, 0.5) is 0 Å². The first-order valence-electron chi connectivity index (χ1n) is 7.70. The van der Waals surface area contributed by atoms with Gasteiger partial charge in [-0.2, -0.15) is 0 Å². The van der Waals surface area contributed by atoms with Gasteiger partial charge >= 0.3 is 11.9 Å². The molecule has 24 heavy (non-hydrogen) atoms. The monoisotopic (exact) mass is 388 g/mol. The minimum Gasteiger partial charge on any atom is -0.464 e. The summed E-state index contributed by atoms with van der Waals surface area (Å²) in [7, 11) is 0. The Bertz CT molecular complexity index is 726. The largest absolute Gasteiger partial charge is 0.464 e. The number of benzene rings is 2. The molecule has 0 radical (unpaired) electrons. The Morgan fingerprint density at radius 3 is 2.08 bits per heavy atom. The average Bonchev–Trinajstić information content (AvgIpc) is 2.91. The summed E-state index contributed by atoms with van der Waals surface area (Å²) < 4.78 is 10.3. The molecule has 0 saturated heterocycles. The third-order valence-electron chi connectivity index (χ3n) is 4.04. The van der Waals surface area contributed by atoms with Crippen molar-refractivity contribution in [3.8, 4) is 11.1 Å². The number of ether oxygens (including phenoxy) is 2. The number of hydrogen-bond acceptors (Lipinski definition) is 4. The van der Waals surface area contributed by atoms with Crippen LogP contribution < -0.4 is 0 Å². The van der Waals surface area contributed by atoms with Crippen LogP contribution in [0.1, 0.15) is 24.0 Å². The van der Waals surface area contributed by atoms with E-state index in [4.69, 9.17) is 9.47 Å². The Hall–Kier alpha value is -2.14. The number of esters is 2. The van der Waals surface area contributed by atoms with Crippen LogP contribution >= 0.6 is 15.9 Å². The van der Waals surface area contributed by atoms with Gasteiger partial charge in [-0.25, -0.2) is 0 Å². The van der Waals surface area contributed by atoms with Crippen molar-refractivity contribution in [2.24, 2.45) is 0 Å². The van der Waals surface area contributed by atoms with Crippen molar-refractivity contribution in [1.82, 2.24) is 0 Å². The summed E-state index contributed by atoms with van der Waals surface area (Å²) in [6.07, 6.45) is 0. The summed E-state index contributed by atoms with van der Waals surface area (Å²) in [5, 5.41) is 0. The van der Waals surface area contributed by atoms with Crippen LogP contribution in [0.25, 0.3) is 11.1 Å². The third kappa shape index (κ3) is 3.36. The van der Waals surface area contributed by atoms with Gasteiger partial charge in [0.2, 0.25) is 0 Å². The Morgan fingerprint density at radius 2 is 1.54 bits per heavy atom. The fraction of sp³-hybridized carbons (Fsp3) is 0.263. The van der Waals surface area contributed by atoms with Crippen molar-refractivity contribution in [3.63, 3.8) is 0 Å². The zero-order valence-corrected chi connectivity index (χ0v) is 14.8. The second kappa shape index (κ2) is 7.18. The summed E-state index contributed by atoms with van der Waals surface area (Å²) in [6, 6.07) is 16.3. The molecule has 1 aliphatic rings. The second-order valence-electron chi connectivity index (χ2n) is 5.63. The van der Waals surface area contributed by atoms with Gasteiger partial charge in [-0.05, 0) is 22.3 Å². The highest BCUT2D eigenvalue weighted by Gasteiger charge is 2.29. The molecule has 0 spiro atoms. The fourth-order valence-electron chi connectivity index (χ4n) is 2.95. The first-order chi connectivity index (χ1) is 11.6. The summed E-state index contributed by atoms with van der Waals surface area (Å²) in [5.74, 6) is -0.834. The minimum atomic E-state index is -0.659. The lowest BCUT2D eigenvalue weighted by Gasteiger charge is -2.16. The Labute approximate surface area is 148 Å². The number of fused-ring (bicyclic) bond motifs is 3. The molecule has 4 nitrogen and oxygen atoms in total. The van der Waals surface area contributed by atoms with Crippen molar-refractivity contribution in [3.05, 3.63) is 59.7 Å². The van der Waals surface area contributed by atoms with Crippen molar-refractivity contribution < 1.29 is 19.1 Å². The standard InChI is InChI=1S/C19H17BrO4/c1-12(21)23-11-18(20)19(22)24-10-17-15-8-4-2-6-13(15)14-7-3-5-9-16(14)17/h2-9,17-18H,10-11H2,1H3. The molecular weight excluding hydrogens is 372 g/mol. The molecule has 0 aliphatic heterocycles. The maximum Gasteiger partial charge on any atom is 0.323 e. The van der Waals surface area contributed by atoms with E-state index in [1.165, 1.54) is 18.1 Å². The molecule has 2 aromatic carbocycles. The van der Waals surface area contributed by atoms with Crippen LogP contribution in [0, 0.1) is 0 Å². The topological polar surface area (TPSA) is 52.6 Å². The Morgan fingerprint density at radius 1 is 1.00 bits per heavy atom. The molecule has 0 N–H and O–H groups in total. The molecule has 0 fully saturated rings. The molecule has 3 rings (SSSR count). The van der Waals surface area contributed by atoms with E-state index in [0.29, 0.717) is 0 Å². The molecule has 0 amide bonds. The lowest BCUT2D eigenvalue weighted by Crippen LogP contribution is -2.25. The summed E-state index contributed by atoms with van der Waals surface area (Å²) in [6.45, 7) is 1.53. The predicted octanol–water partition coefficient (Wildman–Crippen LogP) is 3.67. The van der Waals surface area contributed by atoms with E-state index in [0.717, 1.165) is 11.1 Å². The molecule has 0 saturated carbocycles. The van der Waals surface area contributed by atoms with E-state index in [2.05, 4.69) is 40.2 Å². The highest BCUT2D eigenvalue weighted by atomic mass is 79.9. The quantitative estimate of drug-likeness (QED) is 0.579. The highest BCUT2D eigenvalue weighted by molar-refractivity contribution is 9.10. The van der Waals surface area contributed by atoms with E-state index < -0.39 is 16.8 Å². The van der Waals surface area contributed by atoms with E-state index in [9.17, 15) is 9.59 Å². The third-order valence-corrected chi connectivity index (χ3v) is 4.68. The van der Waals surface area contributed by atoms with Gasteiger partial charge in [0, 0.05) is 12.8 Å². The summed E-state index contributed by atoms with van der Waals surface area (Å²) in [5.41, 5.74) is 4.70. The molecule has 1 unspecified atom stereocenters. The average molecular weight is 389 g/mol. The normalized spacial score (nSPS) is 13.8. The van der Waals surface area contributed by atoms with Crippen LogP contribution in [-0.2, 0) is 19.1 Å². The van der Waals surface area contributed by atoms with E-state index in [1.54, 1.807) is 0 Å². The highest BCUT2D eigenvalue weighted by Crippen LogP contribution is 2.44. The van der Waals surface area contributed by atoms with Gasteiger partial charge in [0.25, 0.3) is 0 Å². The van der Waals surface area contributed by atoms with Gasteiger partial charge in [0.1, 0.15) is 18.0 Å². The molecule has 124 valence electrons. The predicted molar refractivity (Wildman–Crippen MR) is 94.0 cm³/mol. The lowest BCUT2D eigenvalue weighted by atomic mass is 9.98. The molecule has 0 heterocycles. The molecule has 5 heteroatoms. The van der Waals surface area contributed by atoms with Crippen molar-refractivity contribution in [2.45, 2.75) is 17.7 Å². The SMILES string of the molecule is CC(=O)OCC(Br)C(=O)OCC1c2ccccc2-c2ccccc21. The van der Waals surface area contributed by atoms with Crippen LogP contribution in [0.5, 0.6) is 0 Å². The van der Waals surface area contributed by atoms with Gasteiger partial charge in [-0.15, -0.1) is 0 Å². The number of halogens is 1. The molecule has 1 atom stereocenters. The van der Waals surface area contributed by atoms with Gasteiger partial charge in [0.05, 0.1) is 0 Å². The van der Waals surface area contributed by atoms with Gasteiger partial charge < -0.3 is 9.47 Å². The minimum absolute atomic E-state index is 0.0229. The molecule has 0 bridgehead atoms. The molecule has 2 aromatic rings. The van der Waals surface area contributed by atoms with E-state index >= 15 is 0 Å². The molecule has 1 aliphatic carbocycles. The van der Waals surface area contributed by atoms with Crippen LogP contribution in [0.15, 0.2) is 48.5 Å². The maximum atomic E-state index is 12.1. The van der Waals surface area contributed by atoms with Crippen molar-refractivity contribution in [2.75, 3.05) is 13.2 Å². The number of hydrogen-bond donors (Lipinski definition) is 0. The summed E-state index contributed by atoms with van der Waals surface area (Å²) in [4.78, 5) is 22.2. The lowest BCUT2D eigenvalue weighted by molar-refractivity contribution is -0.147. The first kappa shape index (κ1) is 16.7. The number of carbonyl (C=O) groups is 2. The smallest absolute Gasteiger partial charge is 0.323 e. The molecule has 0 aromatic heterocycles. The zero-order valence-electron chi connectivity index (χ0n) is 13.2. The Balaban J connectivity index is 1.72. The van der Waals surface area contributed by atoms with E-state index in [1.807, 2.05) is 24.3 Å². The van der Waals surface area contributed by atoms with Crippen molar-refractivity contribution in [1.29, 1.82) is 0 Å². The van der Waals surface area contributed by atoms with Gasteiger partial charge in [0.15, 0.2) is 0 Å². The Kier molecular flexibility index (Phi) is 5.00. The van der Waals surface area contributed by atoms with Crippen LogP contribution in [0.2, 0.25) is 0 Å². The number of alkyl halides is 1. The number of rotatable bonds is 5. The zero-order chi connectivity index (χ0) is 17.1. The van der Waals surface area contributed by atoms with Gasteiger partial charge in [-0.1, -0.05) is 64.5 Å². The fourth-order valence-corrected chi connectivity index (χ4v) is 3.22. The van der Waals surface area contributed by atoms with E-state index in [-0.39, 0.29) is 19.1 Å². The molecular formula is C19H17BrO4. The maximum absolute atomic E-state index is 12.1. The second-order valence-corrected chi connectivity index (χ2v) is 6.73. The van der Waals surface area contributed by atoms with Crippen LogP contribution in [-0.4, -0.2) is 30.0 Å². The summed E-state index contributed by atoms with van der Waals surface area (Å²) >= 11 is 3.19. The number of carbonyl (C=O) groups excluding carboxylic acids is 2.